The van der Waals surface area contributed by atoms with Crippen molar-refractivity contribution < 1.29 is 9.90 Å². The Labute approximate surface area is 121 Å². The van der Waals surface area contributed by atoms with Crippen LogP contribution in [0.25, 0.3) is 11.0 Å². The smallest absolute Gasteiger partial charge is 0.337 e. The van der Waals surface area contributed by atoms with Crippen LogP contribution in [0.2, 0.25) is 0 Å². The van der Waals surface area contributed by atoms with Crippen molar-refractivity contribution in [1.82, 2.24) is 14.5 Å². The van der Waals surface area contributed by atoms with Crippen molar-refractivity contribution in [2.75, 3.05) is 0 Å². The molecule has 5 nitrogen and oxygen atoms in total. The second-order valence-electron chi connectivity index (χ2n) is 4.97. The van der Waals surface area contributed by atoms with E-state index in [9.17, 15) is 9.90 Å². The number of hydrogen-bond acceptors (Lipinski definition) is 3. The zero-order chi connectivity index (χ0) is 15.0. The van der Waals surface area contributed by atoms with Crippen molar-refractivity contribution >= 4 is 17.0 Å². The maximum Gasteiger partial charge on any atom is 0.337 e. The molecule has 0 aliphatic carbocycles. The van der Waals surface area contributed by atoms with Crippen LogP contribution in [0, 0.1) is 6.92 Å². The van der Waals surface area contributed by atoms with Crippen LogP contribution in [-0.4, -0.2) is 25.6 Å². The summed E-state index contributed by atoms with van der Waals surface area (Å²) in [5.74, 6) is -0.157. The van der Waals surface area contributed by atoms with Gasteiger partial charge in [-0.2, -0.15) is 0 Å². The van der Waals surface area contributed by atoms with Gasteiger partial charge < -0.3 is 9.67 Å². The summed E-state index contributed by atoms with van der Waals surface area (Å²) >= 11 is 0. The lowest BCUT2D eigenvalue weighted by molar-refractivity contribution is 0.0698. The first-order valence-corrected chi connectivity index (χ1v) is 6.70. The SMILES string of the molecule is Cc1nc2cccc(C(=O)O)c2n1C(C)c1cccnc1. The molecule has 0 bridgehead atoms. The van der Waals surface area contributed by atoms with Gasteiger partial charge in [0.1, 0.15) is 5.82 Å². The average Bonchev–Trinajstić information content (AvgIpc) is 2.83. The summed E-state index contributed by atoms with van der Waals surface area (Å²) in [4.78, 5) is 20.1. The second kappa shape index (κ2) is 5.01. The van der Waals surface area contributed by atoms with Crippen molar-refractivity contribution in [3.8, 4) is 0 Å². The van der Waals surface area contributed by atoms with Gasteiger partial charge in [-0.05, 0) is 37.6 Å². The monoisotopic (exact) mass is 281 g/mol. The number of pyridine rings is 1. The van der Waals surface area contributed by atoms with Crippen molar-refractivity contribution in [2.45, 2.75) is 19.9 Å². The molecule has 0 aliphatic rings. The van der Waals surface area contributed by atoms with Gasteiger partial charge in [-0.15, -0.1) is 0 Å². The highest BCUT2D eigenvalue weighted by molar-refractivity contribution is 6.01. The number of carboxylic acids is 1. The molecule has 0 spiro atoms. The third kappa shape index (κ3) is 2.16. The second-order valence-corrected chi connectivity index (χ2v) is 4.97. The van der Waals surface area contributed by atoms with Gasteiger partial charge in [0.25, 0.3) is 0 Å². The maximum atomic E-state index is 11.5. The minimum absolute atomic E-state index is 0.0378. The molecule has 0 fully saturated rings. The molecular weight excluding hydrogens is 266 g/mol. The topological polar surface area (TPSA) is 68.0 Å². The van der Waals surface area contributed by atoms with Crippen LogP contribution in [0.1, 0.15) is 34.7 Å². The Balaban J connectivity index is 2.27. The molecule has 2 heterocycles. The third-order valence-electron chi connectivity index (χ3n) is 3.67. The number of nitrogens with zero attached hydrogens (tertiary/aromatic N) is 3. The normalized spacial score (nSPS) is 12.5. The molecule has 106 valence electrons. The molecular formula is C16H15N3O2. The summed E-state index contributed by atoms with van der Waals surface area (Å²) in [5, 5.41) is 9.42. The Hall–Kier alpha value is -2.69. The molecule has 1 unspecified atom stereocenters. The Morgan fingerprint density at radius 2 is 2.10 bits per heavy atom. The van der Waals surface area contributed by atoms with Crippen molar-refractivity contribution in [3.63, 3.8) is 0 Å². The number of fused-ring (bicyclic) bond motifs is 1. The fourth-order valence-corrected chi connectivity index (χ4v) is 2.68. The van der Waals surface area contributed by atoms with Crippen LogP contribution in [0.3, 0.4) is 0 Å². The number of aryl methyl sites for hydroxylation is 1. The zero-order valence-electron chi connectivity index (χ0n) is 11.8. The van der Waals surface area contributed by atoms with Crippen LogP contribution in [0.5, 0.6) is 0 Å². The molecule has 0 radical (unpaired) electrons. The van der Waals surface area contributed by atoms with E-state index in [1.54, 1.807) is 24.5 Å². The third-order valence-corrected chi connectivity index (χ3v) is 3.67. The summed E-state index contributed by atoms with van der Waals surface area (Å²) in [5.41, 5.74) is 2.63. The summed E-state index contributed by atoms with van der Waals surface area (Å²) < 4.78 is 1.95. The number of benzene rings is 1. The van der Waals surface area contributed by atoms with Gasteiger partial charge in [0, 0.05) is 12.4 Å². The predicted octanol–water partition coefficient (Wildman–Crippen LogP) is 3.05. The first-order chi connectivity index (χ1) is 10.1. The van der Waals surface area contributed by atoms with Gasteiger partial charge >= 0.3 is 5.97 Å². The number of carboxylic acid groups (broad SMARTS) is 1. The molecule has 0 saturated heterocycles. The number of hydrogen-bond donors (Lipinski definition) is 1. The number of imidazole rings is 1. The Morgan fingerprint density at radius 1 is 1.29 bits per heavy atom. The lowest BCUT2D eigenvalue weighted by atomic mass is 10.1. The van der Waals surface area contributed by atoms with Crippen LogP contribution >= 0.6 is 0 Å². The zero-order valence-corrected chi connectivity index (χ0v) is 11.8. The van der Waals surface area contributed by atoms with Crippen LogP contribution in [0.4, 0.5) is 0 Å². The summed E-state index contributed by atoms with van der Waals surface area (Å²) in [6.45, 7) is 3.91. The molecule has 0 aliphatic heterocycles. The van der Waals surface area contributed by atoms with Crippen molar-refractivity contribution in [1.29, 1.82) is 0 Å². The summed E-state index contributed by atoms with van der Waals surface area (Å²) in [6, 6.07) is 8.98. The first-order valence-electron chi connectivity index (χ1n) is 6.70. The van der Waals surface area contributed by atoms with E-state index in [0.29, 0.717) is 11.0 Å². The van der Waals surface area contributed by atoms with E-state index in [2.05, 4.69) is 9.97 Å². The van der Waals surface area contributed by atoms with E-state index >= 15 is 0 Å². The number of rotatable bonds is 3. The van der Waals surface area contributed by atoms with Gasteiger partial charge in [-0.1, -0.05) is 12.1 Å². The minimum Gasteiger partial charge on any atom is -0.478 e. The molecule has 2 aromatic heterocycles. The molecule has 3 rings (SSSR count). The Kier molecular flexibility index (Phi) is 3.17. The lowest BCUT2D eigenvalue weighted by Crippen LogP contribution is -2.11. The van der Waals surface area contributed by atoms with E-state index in [0.717, 1.165) is 11.4 Å². The maximum absolute atomic E-state index is 11.5. The van der Waals surface area contributed by atoms with Gasteiger partial charge in [-0.3, -0.25) is 4.98 Å². The van der Waals surface area contributed by atoms with E-state index in [1.807, 2.05) is 36.6 Å². The molecule has 0 amide bonds. The van der Waals surface area contributed by atoms with E-state index in [-0.39, 0.29) is 11.6 Å². The summed E-state index contributed by atoms with van der Waals surface area (Å²) in [7, 11) is 0. The number of aromatic nitrogens is 3. The number of carbonyl (C=O) groups is 1. The molecule has 3 aromatic rings. The Morgan fingerprint density at radius 3 is 2.76 bits per heavy atom. The fraction of sp³-hybridized carbons (Fsp3) is 0.188. The molecule has 21 heavy (non-hydrogen) atoms. The molecule has 5 heteroatoms. The first kappa shape index (κ1) is 13.3. The van der Waals surface area contributed by atoms with Crippen LogP contribution in [0.15, 0.2) is 42.7 Å². The highest BCUT2D eigenvalue weighted by Crippen LogP contribution is 2.27. The van der Waals surface area contributed by atoms with Crippen molar-refractivity contribution in [3.05, 3.63) is 59.7 Å². The van der Waals surface area contributed by atoms with E-state index in [1.165, 1.54) is 0 Å². The number of para-hydroxylation sites is 1. The summed E-state index contributed by atoms with van der Waals surface area (Å²) in [6.07, 6.45) is 3.51. The predicted molar refractivity (Wildman–Crippen MR) is 79.5 cm³/mol. The van der Waals surface area contributed by atoms with E-state index < -0.39 is 5.97 Å². The van der Waals surface area contributed by atoms with Crippen LogP contribution in [-0.2, 0) is 0 Å². The highest BCUT2D eigenvalue weighted by atomic mass is 16.4. The standard InChI is InChI=1S/C16H15N3O2/c1-10(12-5-4-8-17-9-12)19-11(2)18-14-7-3-6-13(15(14)19)16(20)21/h3-10H,1-2H3,(H,20,21). The minimum atomic E-state index is -0.944. The fourth-order valence-electron chi connectivity index (χ4n) is 2.68. The molecule has 0 saturated carbocycles. The van der Waals surface area contributed by atoms with E-state index in [4.69, 9.17) is 0 Å². The largest absolute Gasteiger partial charge is 0.478 e. The highest BCUT2D eigenvalue weighted by Gasteiger charge is 2.20. The van der Waals surface area contributed by atoms with Gasteiger partial charge in [0.05, 0.1) is 22.6 Å². The van der Waals surface area contributed by atoms with Gasteiger partial charge in [0.15, 0.2) is 0 Å². The number of aromatic carboxylic acids is 1. The van der Waals surface area contributed by atoms with Crippen molar-refractivity contribution in [2.24, 2.45) is 0 Å². The lowest BCUT2D eigenvalue weighted by Gasteiger charge is -2.17. The quantitative estimate of drug-likeness (QED) is 0.801. The average molecular weight is 281 g/mol. The van der Waals surface area contributed by atoms with Gasteiger partial charge in [-0.25, -0.2) is 9.78 Å². The van der Waals surface area contributed by atoms with Crippen LogP contribution < -0.4 is 0 Å². The molecule has 1 N–H and O–H groups in total. The Bertz CT molecular complexity index is 809. The molecule has 1 atom stereocenters. The molecule has 1 aromatic carbocycles. The van der Waals surface area contributed by atoms with Gasteiger partial charge in [0.2, 0.25) is 0 Å².